The second-order valence-corrected chi connectivity index (χ2v) is 13.0. The molecule has 7 rings (SSSR count). The highest BCUT2D eigenvalue weighted by atomic mass is 35.7. The van der Waals surface area contributed by atoms with Gasteiger partial charge in [0, 0.05) is 43.1 Å². The van der Waals surface area contributed by atoms with Gasteiger partial charge in [0.25, 0.3) is 5.01 Å². The van der Waals surface area contributed by atoms with E-state index in [4.69, 9.17) is 18.6 Å². The van der Waals surface area contributed by atoms with Gasteiger partial charge in [0.15, 0.2) is 0 Å². The maximum Gasteiger partial charge on any atom is 0.263 e. The summed E-state index contributed by atoms with van der Waals surface area (Å²) in [5.41, 5.74) is 10.1. The van der Waals surface area contributed by atoms with E-state index < -0.39 is 10.2 Å². The van der Waals surface area contributed by atoms with E-state index in [1.54, 1.807) is 0 Å². The third-order valence-corrected chi connectivity index (χ3v) is 9.25. The number of para-hydroxylation sites is 1. The summed E-state index contributed by atoms with van der Waals surface area (Å²) < 4.78 is 37.7. The lowest BCUT2D eigenvalue weighted by Crippen LogP contribution is -2.68. The molecule has 0 saturated heterocycles. The van der Waals surface area contributed by atoms with Gasteiger partial charge in [0.05, 0.1) is 0 Å². The number of allylic oxidation sites excluding steroid dienone is 1. The van der Waals surface area contributed by atoms with Gasteiger partial charge in [-0.1, -0.05) is 59.6 Å². The number of hydrogen-bond acceptors (Lipinski definition) is 6. The number of aromatic nitrogens is 1. The molecule has 5 aromatic carbocycles. The Balaban J connectivity index is 0.000000664. The summed E-state index contributed by atoms with van der Waals surface area (Å²) in [5, 5.41) is 6.64. The zero-order chi connectivity index (χ0) is 31.9. The Morgan fingerprint density at radius 2 is 1.51 bits per heavy atom. The Labute approximate surface area is 268 Å². The van der Waals surface area contributed by atoms with Crippen molar-refractivity contribution in [1.82, 2.24) is 0 Å². The number of thiazole rings is 1. The molecule has 0 aliphatic heterocycles. The minimum Gasteiger partial charge on any atom is -0.378 e. The van der Waals surface area contributed by atoms with Crippen molar-refractivity contribution < 1.29 is 33.4 Å². The molecular weight excluding hydrogens is 604 g/mol. The highest BCUT2D eigenvalue weighted by molar-refractivity contribution is 7.18. The van der Waals surface area contributed by atoms with Gasteiger partial charge in [0.2, 0.25) is 5.52 Å². The quantitative estimate of drug-likeness (QED) is 0.168. The van der Waals surface area contributed by atoms with Crippen LogP contribution in [0.3, 0.4) is 0 Å². The summed E-state index contributed by atoms with van der Waals surface area (Å²) in [6.07, 6.45) is 3.37. The maximum atomic E-state index is 8.49. The Hall–Kier alpha value is -4.26. The van der Waals surface area contributed by atoms with Crippen LogP contribution in [0.2, 0.25) is 0 Å². The van der Waals surface area contributed by atoms with Gasteiger partial charge in [-0.15, -0.1) is 10.2 Å². The highest BCUT2D eigenvalue weighted by Crippen LogP contribution is 2.43. The van der Waals surface area contributed by atoms with Crippen molar-refractivity contribution in [3.05, 3.63) is 118 Å². The van der Waals surface area contributed by atoms with Crippen LogP contribution in [0.15, 0.2) is 84.9 Å². The molecular formula is C37H31ClN2O4S. The number of fused-ring (bicyclic) bond motifs is 1. The maximum absolute atomic E-state index is 8.49. The fraction of sp³-hybridized carbons (Fsp3) is 0.162. The topological polar surface area (TPSA) is 99.4 Å². The van der Waals surface area contributed by atoms with Gasteiger partial charge in [0.1, 0.15) is 11.2 Å². The standard InChI is InChI=1S/C37H31N2S.ClHO4/c1-5-39-33-8-6-7-9-34(33)40-35(39)23-29-22-31-24(2)10-15-27-16-17-28-20-26(21-32(29)37(28)36(27)31)12-11-25-13-18-30(19-14-25)38(3)4;2-1(3,4)5/h6-10,13-21,23H,5,22H2,1-4H3;(H,2,3,4,5)/q+1;/p-1. The molecule has 0 unspecified atom stereocenters. The van der Waals surface area contributed by atoms with Crippen molar-refractivity contribution in [2.24, 2.45) is 0 Å². The molecule has 1 aliphatic carbocycles. The minimum absolute atomic E-state index is 0.927. The average molecular weight is 635 g/mol. The number of rotatable bonds is 3. The predicted molar refractivity (Wildman–Crippen MR) is 172 cm³/mol. The fourth-order valence-electron chi connectivity index (χ4n) is 6.05. The molecule has 0 saturated carbocycles. The Kier molecular flexibility index (Phi) is 8.38. The molecule has 6 aromatic rings. The number of hydrogen-bond donors (Lipinski definition) is 0. The van der Waals surface area contributed by atoms with Crippen LogP contribution in [-0.4, -0.2) is 14.1 Å². The predicted octanol–water partition coefficient (Wildman–Crippen LogP) is 3.63. The summed E-state index contributed by atoms with van der Waals surface area (Å²) in [4.78, 5) is 2.11. The van der Waals surface area contributed by atoms with Crippen molar-refractivity contribution in [3.63, 3.8) is 0 Å². The highest BCUT2D eigenvalue weighted by Gasteiger charge is 2.24. The molecule has 0 N–H and O–H groups in total. The van der Waals surface area contributed by atoms with Gasteiger partial charge < -0.3 is 4.90 Å². The lowest BCUT2D eigenvalue weighted by atomic mass is 9.80. The van der Waals surface area contributed by atoms with Crippen LogP contribution in [0, 0.1) is 29.0 Å². The monoisotopic (exact) mass is 634 g/mol. The van der Waals surface area contributed by atoms with Gasteiger partial charge in [-0.2, -0.15) is 4.57 Å². The molecule has 1 heterocycles. The SMILES string of the molecule is CC[n+]1c(C=C2Cc3c(C)ccc4ccc5cc(C#Cc6ccc(N(C)C)cc6)cc2c5c34)sc2ccccc21.[O-][Cl+3]([O-])([O-])[O-]. The Morgan fingerprint density at radius 1 is 0.844 bits per heavy atom. The van der Waals surface area contributed by atoms with Crippen molar-refractivity contribution >= 4 is 60.4 Å². The van der Waals surface area contributed by atoms with E-state index in [2.05, 4.69) is 140 Å². The molecule has 45 heavy (non-hydrogen) atoms. The zero-order valence-electron chi connectivity index (χ0n) is 25.4. The molecule has 6 nitrogen and oxygen atoms in total. The van der Waals surface area contributed by atoms with E-state index in [1.165, 1.54) is 64.7 Å². The molecule has 1 aliphatic rings. The van der Waals surface area contributed by atoms with Crippen LogP contribution < -0.4 is 28.1 Å². The largest absolute Gasteiger partial charge is 0.378 e. The van der Waals surface area contributed by atoms with Crippen molar-refractivity contribution in [2.75, 3.05) is 19.0 Å². The second kappa shape index (κ2) is 12.3. The van der Waals surface area contributed by atoms with Crippen LogP contribution in [-0.2, 0) is 13.0 Å². The van der Waals surface area contributed by atoms with E-state index in [9.17, 15) is 0 Å². The second-order valence-electron chi connectivity index (χ2n) is 11.2. The third-order valence-electron chi connectivity index (χ3n) is 8.14. The van der Waals surface area contributed by atoms with Gasteiger partial charge in [-0.05, 0) is 107 Å². The van der Waals surface area contributed by atoms with Gasteiger partial charge in [-0.3, -0.25) is 0 Å². The van der Waals surface area contributed by atoms with Crippen LogP contribution in [0.1, 0.15) is 39.7 Å². The number of halogens is 1. The van der Waals surface area contributed by atoms with E-state index in [0.29, 0.717) is 0 Å². The van der Waals surface area contributed by atoms with Crippen molar-refractivity contribution in [3.8, 4) is 11.8 Å². The number of aryl methyl sites for hydroxylation is 2. The minimum atomic E-state index is -4.94. The van der Waals surface area contributed by atoms with Crippen LogP contribution >= 0.6 is 11.3 Å². The van der Waals surface area contributed by atoms with Crippen LogP contribution in [0.5, 0.6) is 0 Å². The fourth-order valence-corrected chi connectivity index (χ4v) is 7.24. The average Bonchev–Trinajstić information content (AvgIpc) is 3.36. The summed E-state index contributed by atoms with van der Waals surface area (Å²) in [5.74, 6) is 6.91. The first kappa shape index (κ1) is 30.8. The summed E-state index contributed by atoms with van der Waals surface area (Å²) in [6.45, 7) is 5.44. The zero-order valence-corrected chi connectivity index (χ0v) is 27.0. The Morgan fingerprint density at radius 3 is 2.22 bits per heavy atom. The molecule has 0 fully saturated rings. The molecule has 8 heteroatoms. The Bertz CT molecular complexity index is 2160. The molecule has 0 radical (unpaired) electrons. The lowest BCUT2D eigenvalue weighted by Gasteiger charge is -2.23. The van der Waals surface area contributed by atoms with Crippen molar-refractivity contribution in [2.45, 2.75) is 26.8 Å². The molecule has 226 valence electrons. The molecule has 1 aromatic heterocycles. The molecule has 0 spiro atoms. The molecule has 0 amide bonds. The first-order chi connectivity index (χ1) is 21.5. The summed E-state index contributed by atoms with van der Waals surface area (Å²) in [7, 11) is -0.826. The summed E-state index contributed by atoms with van der Waals surface area (Å²) in [6, 6.07) is 30.9. The van der Waals surface area contributed by atoms with E-state index in [0.717, 1.165) is 24.1 Å². The number of nitrogens with zero attached hydrogens (tertiary/aromatic N) is 2. The number of anilines is 1. The van der Waals surface area contributed by atoms with Gasteiger partial charge in [-0.25, -0.2) is 18.6 Å². The van der Waals surface area contributed by atoms with Crippen LogP contribution in [0.25, 0.3) is 43.4 Å². The molecule has 0 atom stereocenters. The van der Waals surface area contributed by atoms with E-state index in [1.807, 2.05) is 11.3 Å². The van der Waals surface area contributed by atoms with Crippen molar-refractivity contribution in [1.29, 1.82) is 0 Å². The normalized spacial score (nSPS) is 13.2. The number of benzene rings is 5. The van der Waals surface area contributed by atoms with E-state index >= 15 is 0 Å². The van der Waals surface area contributed by atoms with E-state index in [-0.39, 0.29) is 0 Å². The smallest absolute Gasteiger partial charge is 0.263 e. The van der Waals surface area contributed by atoms with Crippen LogP contribution in [0.4, 0.5) is 5.69 Å². The van der Waals surface area contributed by atoms with Gasteiger partial charge >= 0.3 is 0 Å². The summed E-state index contributed by atoms with van der Waals surface area (Å²) >= 11 is 1.88. The first-order valence-electron chi connectivity index (χ1n) is 14.5. The lowest BCUT2D eigenvalue weighted by molar-refractivity contribution is -2.00. The molecule has 0 bridgehead atoms. The third kappa shape index (κ3) is 6.44. The first-order valence-corrected chi connectivity index (χ1v) is 16.6.